The van der Waals surface area contributed by atoms with Crippen molar-refractivity contribution >= 4 is 17.3 Å². The van der Waals surface area contributed by atoms with Gasteiger partial charge in [0.2, 0.25) is 5.91 Å². The van der Waals surface area contributed by atoms with Crippen LogP contribution in [0.3, 0.4) is 0 Å². The van der Waals surface area contributed by atoms with Crippen LogP contribution in [0.25, 0.3) is 0 Å². The summed E-state index contributed by atoms with van der Waals surface area (Å²) in [4.78, 5) is 17.1. The van der Waals surface area contributed by atoms with Crippen LogP contribution in [0.5, 0.6) is 5.75 Å². The van der Waals surface area contributed by atoms with Gasteiger partial charge in [0.15, 0.2) is 0 Å². The molecular formula is C22H29N3O2. The van der Waals surface area contributed by atoms with Crippen molar-refractivity contribution in [3.05, 3.63) is 54.1 Å². The zero-order valence-corrected chi connectivity index (χ0v) is 16.4. The second-order valence-corrected chi connectivity index (χ2v) is 7.48. The van der Waals surface area contributed by atoms with Crippen molar-refractivity contribution in [2.45, 2.75) is 32.7 Å². The van der Waals surface area contributed by atoms with Gasteiger partial charge < -0.3 is 15.3 Å². The van der Waals surface area contributed by atoms with Gasteiger partial charge >= 0.3 is 0 Å². The van der Waals surface area contributed by atoms with Crippen LogP contribution in [-0.2, 0) is 4.79 Å². The number of carbonyl (C=O) groups is 1. The molecule has 2 aromatic rings. The van der Waals surface area contributed by atoms with Gasteiger partial charge in [0.25, 0.3) is 0 Å². The van der Waals surface area contributed by atoms with Crippen LogP contribution in [0.4, 0.5) is 11.4 Å². The van der Waals surface area contributed by atoms with Gasteiger partial charge in [0.05, 0.1) is 6.04 Å². The molecule has 1 aliphatic rings. The number of hydrogen-bond donors (Lipinski definition) is 2. The molecule has 5 heteroatoms. The van der Waals surface area contributed by atoms with Crippen LogP contribution in [0.15, 0.2) is 48.5 Å². The Balaban J connectivity index is 1.53. The Hall–Kier alpha value is -2.53. The van der Waals surface area contributed by atoms with Crippen LogP contribution in [-0.4, -0.2) is 48.1 Å². The van der Waals surface area contributed by atoms with Crippen LogP contribution < -0.4 is 10.2 Å². The highest BCUT2D eigenvalue weighted by atomic mass is 16.3. The lowest BCUT2D eigenvalue weighted by Crippen LogP contribution is -2.52. The van der Waals surface area contributed by atoms with E-state index in [2.05, 4.69) is 41.1 Å². The molecule has 0 aliphatic carbocycles. The largest absolute Gasteiger partial charge is 0.508 e. The van der Waals surface area contributed by atoms with Gasteiger partial charge in [0, 0.05) is 37.6 Å². The highest BCUT2D eigenvalue weighted by molar-refractivity contribution is 5.94. The lowest BCUT2D eigenvalue weighted by molar-refractivity contribution is -0.120. The molecule has 1 atom stereocenters. The molecule has 1 amide bonds. The SMILES string of the molecule is CC(C)c1ccc(NC(=O)[C@@H](C)N2CCN(c3ccc(O)cc3)CC2)cc1. The fourth-order valence-corrected chi connectivity index (χ4v) is 3.39. The van der Waals surface area contributed by atoms with E-state index in [0.717, 1.165) is 37.6 Å². The van der Waals surface area contributed by atoms with Crippen molar-refractivity contribution in [2.75, 3.05) is 36.4 Å². The predicted molar refractivity (Wildman–Crippen MR) is 111 cm³/mol. The van der Waals surface area contributed by atoms with E-state index < -0.39 is 0 Å². The number of anilines is 2. The molecule has 2 aromatic carbocycles. The van der Waals surface area contributed by atoms with E-state index in [1.807, 2.05) is 31.2 Å². The van der Waals surface area contributed by atoms with Crippen molar-refractivity contribution in [3.63, 3.8) is 0 Å². The maximum absolute atomic E-state index is 12.6. The van der Waals surface area contributed by atoms with Crippen LogP contribution in [0.2, 0.25) is 0 Å². The monoisotopic (exact) mass is 367 g/mol. The number of piperazine rings is 1. The minimum atomic E-state index is -0.170. The quantitative estimate of drug-likeness (QED) is 0.847. The summed E-state index contributed by atoms with van der Waals surface area (Å²) in [6.45, 7) is 9.69. The Morgan fingerprint density at radius 1 is 0.926 bits per heavy atom. The van der Waals surface area contributed by atoms with Crippen LogP contribution in [0, 0.1) is 0 Å². The lowest BCUT2D eigenvalue weighted by atomic mass is 10.0. The van der Waals surface area contributed by atoms with Gasteiger partial charge in [-0.05, 0) is 54.8 Å². The number of nitrogens with zero attached hydrogens (tertiary/aromatic N) is 2. The third-order valence-corrected chi connectivity index (χ3v) is 5.30. The molecule has 144 valence electrons. The lowest BCUT2D eigenvalue weighted by Gasteiger charge is -2.38. The third-order valence-electron chi connectivity index (χ3n) is 5.30. The summed E-state index contributed by atoms with van der Waals surface area (Å²) >= 11 is 0. The van der Waals surface area contributed by atoms with E-state index >= 15 is 0 Å². The normalized spacial score (nSPS) is 16.4. The van der Waals surface area contributed by atoms with Gasteiger partial charge in [-0.2, -0.15) is 0 Å². The van der Waals surface area contributed by atoms with Gasteiger partial charge in [-0.15, -0.1) is 0 Å². The van der Waals surface area contributed by atoms with Crippen molar-refractivity contribution in [3.8, 4) is 5.75 Å². The summed E-state index contributed by atoms with van der Waals surface area (Å²) in [6.07, 6.45) is 0. The molecule has 1 heterocycles. The second kappa shape index (κ2) is 8.44. The molecule has 1 aliphatic heterocycles. The molecule has 5 nitrogen and oxygen atoms in total. The predicted octanol–water partition coefficient (Wildman–Crippen LogP) is 3.66. The first-order chi connectivity index (χ1) is 12.9. The van der Waals surface area contributed by atoms with Crippen molar-refractivity contribution in [1.82, 2.24) is 4.90 Å². The number of phenols is 1. The van der Waals surface area contributed by atoms with Gasteiger partial charge in [-0.25, -0.2) is 0 Å². The molecule has 0 radical (unpaired) electrons. The van der Waals surface area contributed by atoms with Crippen molar-refractivity contribution in [2.24, 2.45) is 0 Å². The highest BCUT2D eigenvalue weighted by Gasteiger charge is 2.25. The summed E-state index contributed by atoms with van der Waals surface area (Å²) < 4.78 is 0. The topological polar surface area (TPSA) is 55.8 Å². The average Bonchev–Trinajstić information content (AvgIpc) is 2.68. The van der Waals surface area contributed by atoms with E-state index in [-0.39, 0.29) is 17.7 Å². The van der Waals surface area contributed by atoms with Gasteiger partial charge in [-0.1, -0.05) is 26.0 Å². The smallest absolute Gasteiger partial charge is 0.241 e. The van der Waals surface area contributed by atoms with Crippen LogP contribution >= 0.6 is 0 Å². The standard InChI is InChI=1S/C22H29N3O2/c1-16(2)18-4-6-19(7-5-18)23-22(27)17(3)24-12-14-25(15-13-24)20-8-10-21(26)11-9-20/h4-11,16-17,26H,12-15H2,1-3H3,(H,23,27)/t17-/m1/s1. The van der Waals surface area contributed by atoms with E-state index in [4.69, 9.17) is 0 Å². The summed E-state index contributed by atoms with van der Waals surface area (Å²) in [5, 5.41) is 12.5. The number of rotatable bonds is 5. The summed E-state index contributed by atoms with van der Waals surface area (Å²) in [5.41, 5.74) is 3.22. The molecular weight excluding hydrogens is 338 g/mol. The minimum absolute atomic E-state index is 0.0328. The molecule has 2 N–H and O–H groups in total. The number of benzene rings is 2. The fraction of sp³-hybridized carbons (Fsp3) is 0.409. The summed E-state index contributed by atoms with van der Waals surface area (Å²) in [5.74, 6) is 0.799. The number of hydrogen-bond acceptors (Lipinski definition) is 4. The number of nitrogens with one attached hydrogen (secondary N) is 1. The first-order valence-electron chi connectivity index (χ1n) is 9.63. The van der Waals surface area contributed by atoms with Crippen molar-refractivity contribution in [1.29, 1.82) is 0 Å². The Morgan fingerprint density at radius 2 is 1.52 bits per heavy atom. The molecule has 27 heavy (non-hydrogen) atoms. The highest BCUT2D eigenvalue weighted by Crippen LogP contribution is 2.21. The zero-order chi connectivity index (χ0) is 19.4. The Morgan fingerprint density at radius 3 is 2.07 bits per heavy atom. The Labute approximate surface area is 161 Å². The fourth-order valence-electron chi connectivity index (χ4n) is 3.39. The van der Waals surface area contributed by atoms with Crippen molar-refractivity contribution < 1.29 is 9.90 Å². The first-order valence-corrected chi connectivity index (χ1v) is 9.63. The number of phenolic OH excluding ortho intramolecular Hbond substituents is 1. The summed E-state index contributed by atoms with van der Waals surface area (Å²) in [7, 11) is 0. The number of carbonyl (C=O) groups excluding carboxylic acids is 1. The maximum atomic E-state index is 12.6. The molecule has 0 saturated carbocycles. The van der Waals surface area contributed by atoms with E-state index in [1.165, 1.54) is 5.56 Å². The first kappa shape index (κ1) is 19.2. The maximum Gasteiger partial charge on any atom is 0.241 e. The Kier molecular flexibility index (Phi) is 6.01. The zero-order valence-electron chi connectivity index (χ0n) is 16.4. The number of amides is 1. The summed E-state index contributed by atoms with van der Waals surface area (Å²) in [6, 6.07) is 15.2. The second-order valence-electron chi connectivity index (χ2n) is 7.48. The number of aromatic hydroxyl groups is 1. The van der Waals surface area contributed by atoms with E-state index in [1.54, 1.807) is 12.1 Å². The van der Waals surface area contributed by atoms with Gasteiger partial charge in [0.1, 0.15) is 5.75 Å². The molecule has 0 aromatic heterocycles. The average molecular weight is 367 g/mol. The van der Waals surface area contributed by atoms with E-state index in [0.29, 0.717) is 5.92 Å². The Bertz CT molecular complexity index is 748. The molecule has 0 spiro atoms. The van der Waals surface area contributed by atoms with Crippen LogP contribution in [0.1, 0.15) is 32.3 Å². The molecule has 0 bridgehead atoms. The molecule has 1 saturated heterocycles. The third kappa shape index (κ3) is 4.80. The molecule has 1 fully saturated rings. The molecule has 0 unspecified atom stereocenters. The minimum Gasteiger partial charge on any atom is -0.508 e. The van der Waals surface area contributed by atoms with Gasteiger partial charge in [-0.3, -0.25) is 9.69 Å². The van der Waals surface area contributed by atoms with E-state index in [9.17, 15) is 9.90 Å². The molecule has 3 rings (SSSR count).